The third-order valence-electron chi connectivity index (χ3n) is 3.90. The van der Waals surface area contributed by atoms with Gasteiger partial charge in [-0.2, -0.15) is 0 Å². The molecule has 20 heavy (non-hydrogen) atoms. The van der Waals surface area contributed by atoms with Crippen molar-refractivity contribution < 1.29 is 0 Å². The highest BCUT2D eigenvalue weighted by Gasteiger charge is 2.22. The SMILES string of the molecule is CC(c1cccs1)N(C)c1ncccc1CNC1CC1. The fraction of sp³-hybridized carbons (Fsp3) is 0.438. The highest BCUT2D eigenvalue weighted by atomic mass is 32.1. The Morgan fingerprint density at radius 1 is 1.40 bits per heavy atom. The van der Waals surface area contributed by atoms with Crippen LogP contribution in [0.2, 0.25) is 0 Å². The summed E-state index contributed by atoms with van der Waals surface area (Å²) in [5.74, 6) is 1.08. The van der Waals surface area contributed by atoms with Gasteiger partial charge in [-0.3, -0.25) is 0 Å². The summed E-state index contributed by atoms with van der Waals surface area (Å²) >= 11 is 1.80. The number of nitrogens with one attached hydrogen (secondary N) is 1. The molecule has 2 aromatic heterocycles. The number of hydrogen-bond donors (Lipinski definition) is 1. The zero-order valence-corrected chi connectivity index (χ0v) is 12.9. The second-order valence-electron chi connectivity index (χ2n) is 5.44. The molecule has 0 aliphatic heterocycles. The summed E-state index contributed by atoms with van der Waals surface area (Å²) in [5.41, 5.74) is 1.28. The first kappa shape index (κ1) is 13.6. The first-order valence-corrected chi connectivity index (χ1v) is 8.07. The van der Waals surface area contributed by atoms with Crippen LogP contribution < -0.4 is 10.2 Å². The molecule has 2 aromatic rings. The van der Waals surface area contributed by atoms with Crippen molar-refractivity contribution in [2.75, 3.05) is 11.9 Å². The minimum Gasteiger partial charge on any atom is -0.352 e. The zero-order chi connectivity index (χ0) is 13.9. The van der Waals surface area contributed by atoms with E-state index < -0.39 is 0 Å². The maximum atomic E-state index is 4.60. The predicted octanol–water partition coefficient (Wildman–Crippen LogP) is 3.59. The highest BCUT2D eigenvalue weighted by Crippen LogP contribution is 2.29. The van der Waals surface area contributed by atoms with Gasteiger partial charge in [0, 0.05) is 36.3 Å². The number of rotatable bonds is 6. The zero-order valence-electron chi connectivity index (χ0n) is 12.0. The molecule has 106 valence electrons. The van der Waals surface area contributed by atoms with Gasteiger partial charge in [-0.25, -0.2) is 4.98 Å². The summed E-state index contributed by atoms with van der Waals surface area (Å²) in [7, 11) is 2.13. The van der Waals surface area contributed by atoms with Gasteiger partial charge in [-0.05, 0) is 37.3 Å². The first-order chi connectivity index (χ1) is 9.75. The molecule has 0 aromatic carbocycles. The average molecular weight is 287 g/mol. The Labute approximate surface area is 124 Å². The van der Waals surface area contributed by atoms with Crippen LogP contribution in [0.3, 0.4) is 0 Å². The Bertz CT molecular complexity index is 549. The van der Waals surface area contributed by atoms with Gasteiger partial charge in [-0.1, -0.05) is 12.1 Å². The van der Waals surface area contributed by atoms with E-state index in [-0.39, 0.29) is 0 Å². The highest BCUT2D eigenvalue weighted by molar-refractivity contribution is 7.10. The fourth-order valence-electron chi connectivity index (χ4n) is 2.33. The molecule has 1 saturated carbocycles. The van der Waals surface area contributed by atoms with E-state index in [1.807, 2.05) is 12.3 Å². The first-order valence-electron chi connectivity index (χ1n) is 7.19. The minimum atomic E-state index is 0.351. The van der Waals surface area contributed by atoms with Gasteiger partial charge in [0.2, 0.25) is 0 Å². The summed E-state index contributed by atoms with van der Waals surface area (Å²) in [6.45, 7) is 3.15. The molecule has 0 spiro atoms. The lowest BCUT2D eigenvalue weighted by Gasteiger charge is -2.27. The molecular weight excluding hydrogens is 266 g/mol. The molecule has 2 heterocycles. The molecule has 0 bridgehead atoms. The molecule has 3 nitrogen and oxygen atoms in total. The topological polar surface area (TPSA) is 28.2 Å². The second-order valence-corrected chi connectivity index (χ2v) is 6.42. The Morgan fingerprint density at radius 2 is 2.25 bits per heavy atom. The number of aromatic nitrogens is 1. The molecule has 1 atom stereocenters. The summed E-state index contributed by atoms with van der Waals surface area (Å²) in [6, 6.07) is 9.58. The van der Waals surface area contributed by atoms with Crippen molar-refractivity contribution in [2.24, 2.45) is 0 Å². The van der Waals surface area contributed by atoms with Gasteiger partial charge in [-0.15, -0.1) is 11.3 Å². The summed E-state index contributed by atoms with van der Waals surface area (Å²) in [6.07, 6.45) is 4.52. The van der Waals surface area contributed by atoms with E-state index in [0.29, 0.717) is 6.04 Å². The van der Waals surface area contributed by atoms with Crippen molar-refractivity contribution in [3.05, 3.63) is 46.3 Å². The van der Waals surface area contributed by atoms with E-state index >= 15 is 0 Å². The normalized spacial score (nSPS) is 16.1. The molecule has 0 radical (unpaired) electrons. The Balaban J connectivity index is 1.77. The quantitative estimate of drug-likeness (QED) is 0.880. The molecule has 1 aliphatic rings. The molecule has 1 fully saturated rings. The van der Waals surface area contributed by atoms with Gasteiger partial charge in [0.25, 0.3) is 0 Å². The molecule has 1 aliphatic carbocycles. The molecule has 3 rings (SSSR count). The third-order valence-corrected chi connectivity index (χ3v) is 4.94. The second kappa shape index (κ2) is 5.94. The van der Waals surface area contributed by atoms with Crippen LogP contribution in [0.1, 0.15) is 36.2 Å². The number of hydrogen-bond acceptors (Lipinski definition) is 4. The van der Waals surface area contributed by atoms with Crippen LogP contribution in [-0.4, -0.2) is 18.1 Å². The Kier molecular flexibility index (Phi) is 4.03. The van der Waals surface area contributed by atoms with Gasteiger partial charge < -0.3 is 10.2 Å². The van der Waals surface area contributed by atoms with Crippen molar-refractivity contribution in [1.29, 1.82) is 0 Å². The van der Waals surface area contributed by atoms with Gasteiger partial charge in [0.1, 0.15) is 5.82 Å². The van der Waals surface area contributed by atoms with Crippen LogP contribution in [-0.2, 0) is 6.54 Å². The molecule has 4 heteroatoms. The number of nitrogens with zero attached hydrogens (tertiary/aromatic N) is 2. The van der Waals surface area contributed by atoms with Crippen LogP contribution >= 0.6 is 11.3 Å². The minimum absolute atomic E-state index is 0.351. The van der Waals surface area contributed by atoms with E-state index in [4.69, 9.17) is 0 Å². The maximum absolute atomic E-state index is 4.60. The molecule has 0 saturated heterocycles. The van der Waals surface area contributed by atoms with Crippen LogP contribution in [0.5, 0.6) is 0 Å². The van der Waals surface area contributed by atoms with E-state index in [2.05, 4.69) is 52.8 Å². The maximum Gasteiger partial charge on any atom is 0.133 e. The number of thiophene rings is 1. The average Bonchev–Trinajstić information content (AvgIpc) is 3.15. The van der Waals surface area contributed by atoms with Crippen LogP contribution in [0.25, 0.3) is 0 Å². The van der Waals surface area contributed by atoms with E-state index in [1.165, 1.54) is 23.3 Å². The van der Waals surface area contributed by atoms with Crippen molar-refractivity contribution in [3.63, 3.8) is 0 Å². The Hall–Kier alpha value is -1.39. The largest absolute Gasteiger partial charge is 0.352 e. The number of anilines is 1. The van der Waals surface area contributed by atoms with E-state index in [1.54, 1.807) is 11.3 Å². The third kappa shape index (κ3) is 3.02. The van der Waals surface area contributed by atoms with Crippen molar-refractivity contribution in [3.8, 4) is 0 Å². The van der Waals surface area contributed by atoms with Crippen molar-refractivity contribution >= 4 is 17.2 Å². The van der Waals surface area contributed by atoms with E-state index in [0.717, 1.165) is 18.4 Å². The lowest BCUT2D eigenvalue weighted by atomic mass is 10.2. The Morgan fingerprint density at radius 3 is 2.95 bits per heavy atom. The van der Waals surface area contributed by atoms with Crippen LogP contribution in [0, 0.1) is 0 Å². The lowest BCUT2D eigenvalue weighted by Crippen LogP contribution is -2.25. The van der Waals surface area contributed by atoms with Gasteiger partial charge in [0.05, 0.1) is 6.04 Å². The molecule has 1 unspecified atom stereocenters. The van der Waals surface area contributed by atoms with Crippen LogP contribution in [0.4, 0.5) is 5.82 Å². The van der Waals surface area contributed by atoms with Crippen molar-refractivity contribution in [2.45, 2.75) is 38.4 Å². The fourth-order valence-corrected chi connectivity index (χ4v) is 3.16. The number of pyridine rings is 1. The smallest absolute Gasteiger partial charge is 0.133 e. The standard InChI is InChI=1S/C16H21N3S/c1-12(15-6-4-10-20-15)19(2)16-13(5-3-9-17-16)11-18-14-7-8-14/h3-6,9-10,12,14,18H,7-8,11H2,1-2H3. The van der Waals surface area contributed by atoms with Crippen molar-refractivity contribution in [1.82, 2.24) is 10.3 Å². The van der Waals surface area contributed by atoms with Crippen LogP contribution in [0.15, 0.2) is 35.8 Å². The molecule has 0 amide bonds. The summed E-state index contributed by atoms with van der Waals surface area (Å²) in [5, 5.41) is 5.71. The lowest BCUT2D eigenvalue weighted by molar-refractivity contribution is 0.674. The summed E-state index contributed by atoms with van der Waals surface area (Å²) < 4.78 is 0. The van der Waals surface area contributed by atoms with Gasteiger partial charge >= 0.3 is 0 Å². The van der Waals surface area contributed by atoms with E-state index in [9.17, 15) is 0 Å². The predicted molar refractivity (Wildman–Crippen MR) is 85.2 cm³/mol. The van der Waals surface area contributed by atoms with Gasteiger partial charge in [0.15, 0.2) is 0 Å². The molecule has 1 N–H and O–H groups in total. The summed E-state index contributed by atoms with van der Waals surface area (Å²) in [4.78, 5) is 8.25. The monoisotopic (exact) mass is 287 g/mol. The molecular formula is C16H21N3S.